The summed E-state index contributed by atoms with van der Waals surface area (Å²) in [5.41, 5.74) is 1.29. The van der Waals surface area contributed by atoms with Crippen LogP contribution in [-0.4, -0.2) is 18.2 Å². The number of halogens is 1. The molecule has 0 amide bonds. The molecular weight excluding hydrogens is 217 g/mol. The van der Waals surface area contributed by atoms with Crippen molar-refractivity contribution >= 4 is 11.4 Å². The molecule has 0 unspecified atom stereocenters. The van der Waals surface area contributed by atoms with E-state index >= 15 is 0 Å². The van der Waals surface area contributed by atoms with E-state index in [4.69, 9.17) is 0 Å². The van der Waals surface area contributed by atoms with Crippen molar-refractivity contribution in [1.82, 2.24) is 0 Å². The molecule has 17 heavy (non-hydrogen) atoms. The van der Waals surface area contributed by atoms with Gasteiger partial charge in [0, 0.05) is 24.3 Å². The standard InChI is InChI=1S/C14H18FNO/c1-10-3-5-16(6-4-10)14-8-12(11(2)17)7-13(15)9-14/h7-10,17H,2-6H2,1H3. The molecule has 92 valence electrons. The first-order chi connectivity index (χ1) is 8.06. The Morgan fingerprint density at radius 3 is 2.59 bits per heavy atom. The molecule has 1 aliphatic heterocycles. The third kappa shape index (κ3) is 2.78. The molecule has 0 spiro atoms. The van der Waals surface area contributed by atoms with E-state index in [9.17, 15) is 9.50 Å². The van der Waals surface area contributed by atoms with E-state index < -0.39 is 0 Å². The average molecular weight is 235 g/mol. The maximum atomic E-state index is 13.4. The molecule has 0 aromatic heterocycles. The molecule has 0 atom stereocenters. The summed E-state index contributed by atoms with van der Waals surface area (Å²) in [4.78, 5) is 2.16. The lowest BCUT2D eigenvalue weighted by molar-refractivity contribution is 0.438. The Bertz CT molecular complexity index is 422. The topological polar surface area (TPSA) is 23.5 Å². The highest BCUT2D eigenvalue weighted by Crippen LogP contribution is 2.26. The lowest BCUT2D eigenvalue weighted by Gasteiger charge is -2.32. The van der Waals surface area contributed by atoms with Gasteiger partial charge in [0.05, 0.1) is 0 Å². The first kappa shape index (κ1) is 12.0. The molecular formula is C14H18FNO. The number of aliphatic hydroxyl groups excluding tert-OH is 1. The second kappa shape index (κ2) is 4.78. The number of hydrogen-bond donors (Lipinski definition) is 1. The highest BCUT2D eigenvalue weighted by molar-refractivity contribution is 5.62. The molecule has 1 aromatic carbocycles. The van der Waals surface area contributed by atoms with Crippen molar-refractivity contribution in [2.75, 3.05) is 18.0 Å². The maximum absolute atomic E-state index is 13.4. The van der Waals surface area contributed by atoms with Crippen molar-refractivity contribution in [3.8, 4) is 0 Å². The van der Waals surface area contributed by atoms with Crippen LogP contribution in [0.25, 0.3) is 5.76 Å². The molecule has 1 heterocycles. The van der Waals surface area contributed by atoms with Gasteiger partial charge in [0.15, 0.2) is 0 Å². The maximum Gasteiger partial charge on any atom is 0.126 e. The molecule has 2 rings (SSSR count). The predicted molar refractivity (Wildman–Crippen MR) is 68.7 cm³/mol. The van der Waals surface area contributed by atoms with Crippen LogP contribution in [0.1, 0.15) is 25.3 Å². The van der Waals surface area contributed by atoms with Crippen LogP contribution in [0.15, 0.2) is 24.8 Å². The average Bonchev–Trinajstić information content (AvgIpc) is 2.29. The molecule has 0 aliphatic carbocycles. The second-order valence-electron chi connectivity index (χ2n) is 4.81. The molecule has 1 N–H and O–H groups in total. The Labute approximate surface area is 101 Å². The Morgan fingerprint density at radius 2 is 2.00 bits per heavy atom. The number of hydrogen-bond acceptors (Lipinski definition) is 2. The minimum Gasteiger partial charge on any atom is -0.508 e. The summed E-state index contributed by atoms with van der Waals surface area (Å²) in [6.07, 6.45) is 2.26. The van der Waals surface area contributed by atoms with E-state index in [1.807, 2.05) is 0 Å². The monoisotopic (exact) mass is 235 g/mol. The number of anilines is 1. The van der Waals surface area contributed by atoms with E-state index in [1.54, 1.807) is 6.07 Å². The van der Waals surface area contributed by atoms with Crippen molar-refractivity contribution in [1.29, 1.82) is 0 Å². The highest BCUT2D eigenvalue weighted by Gasteiger charge is 2.17. The molecule has 2 nitrogen and oxygen atoms in total. The number of piperidine rings is 1. The van der Waals surface area contributed by atoms with Crippen LogP contribution in [-0.2, 0) is 0 Å². The second-order valence-corrected chi connectivity index (χ2v) is 4.81. The fraction of sp³-hybridized carbons (Fsp3) is 0.429. The van der Waals surface area contributed by atoms with Crippen LogP contribution >= 0.6 is 0 Å². The van der Waals surface area contributed by atoms with Gasteiger partial charge in [-0.25, -0.2) is 4.39 Å². The first-order valence-corrected chi connectivity index (χ1v) is 6.00. The molecule has 0 radical (unpaired) electrons. The smallest absolute Gasteiger partial charge is 0.126 e. The summed E-state index contributed by atoms with van der Waals surface area (Å²) in [5, 5.41) is 9.33. The minimum absolute atomic E-state index is 0.0869. The Kier molecular flexibility index (Phi) is 3.36. The molecule has 1 aromatic rings. The summed E-state index contributed by atoms with van der Waals surface area (Å²) < 4.78 is 13.4. The van der Waals surface area contributed by atoms with Gasteiger partial charge in [0.25, 0.3) is 0 Å². The zero-order valence-corrected chi connectivity index (χ0v) is 10.1. The summed E-state index contributed by atoms with van der Waals surface area (Å²) in [7, 11) is 0. The lowest BCUT2D eigenvalue weighted by atomic mass is 9.98. The van der Waals surface area contributed by atoms with Gasteiger partial charge < -0.3 is 10.0 Å². The van der Waals surface area contributed by atoms with E-state index in [0.29, 0.717) is 5.56 Å². The van der Waals surface area contributed by atoms with Gasteiger partial charge in [0.1, 0.15) is 11.6 Å². The van der Waals surface area contributed by atoms with Crippen LogP contribution in [0.5, 0.6) is 0 Å². The third-order valence-electron chi connectivity index (χ3n) is 3.36. The van der Waals surface area contributed by atoms with Crippen molar-refractivity contribution in [2.24, 2.45) is 5.92 Å². The fourth-order valence-corrected chi connectivity index (χ4v) is 2.19. The summed E-state index contributed by atoms with van der Waals surface area (Å²) >= 11 is 0. The molecule has 1 saturated heterocycles. The number of aliphatic hydroxyl groups is 1. The quantitative estimate of drug-likeness (QED) is 0.792. The van der Waals surface area contributed by atoms with Crippen molar-refractivity contribution < 1.29 is 9.50 Å². The van der Waals surface area contributed by atoms with Gasteiger partial charge >= 0.3 is 0 Å². The molecule has 0 bridgehead atoms. The minimum atomic E-state index is -0.327. The van der Waals surface area contributed by atoms with Gasteiger partial charge in [-0.15, -0.1) is 0 Å². The van der Waals surface area contributed by atoms with Crippen molar-refractivity contribution in [2.45, 2.75) is 19.8 Å². The summed E-state index contributed by atoms with van der Waals surface area (Å²) in [6, 6.07) is 4.61. The fourth-order valence-electron chi connectivity index (χ4n) is 2.19. The molecule has 0 saturated carbocycles. The summed E-state index contributed by atoms with van der Waals surface area (Å²) in [5.74, 6) is 0.328. The van der Waals surface area contributed by atoms with Crippen molar-refractivity contribution in [3.63, 3.8) is 0 Å². The number of benzene rings is 1. The van der Waals surface area contributed by atoms with Crippen LogP contribution in [0.3, 0.4) is 0 Å². The van der Waals surface area contributed by atoms with Crippen LogP contribution in [0.2, 0.25) is 0 Å². The molecule has 3 heteroatoms. The first-order valence-electron chi connectivity index (χ1n) is 6.00. The predicted octanol–water partition coefficient (Wildman–Crippen LogP) is 3.59. The van der Waals surface area contributed by atoms with E-state index in [1.165, 1.54) is 12.1 Å². The Morgan fingerprint density at radius 1 is 1.35 bits per heavy atom. The summed E-state index contributed by atoms with van der Waals surface area (Å²) in [6.45, 7) is 7.57. The normalized spacial score (nSPS) is 17.2. The van der Waals surface area contributed by atoms with E-state index in [2.05, 4.69) is 18.4 Å². The van der Waals surface area contributed by atoms with E-state index in [-0.39, 0.29) is 11.6 Å². The van der Waals surface area contributed by atoms with Gasteiger partial charge in [-0.05, 0) is 37.0 Å². The third-order valence-corrected chi connectivity index (χ3v) is 3.36. The highest BCUT2D eigenvalue weighted by atomic mass is 19.1. The van der Waals surface area contributed by atoms with Gasteiger partial charge in [-0.3, -0.25) is 0 Å². The van der Waals surface area contributed by atoms with Crippen LogP contribution in [0.4, 0.5) is 10.1 Å². The van der Waals surface area contributed by atoms with Crippen LogP contribution in [0, 0.1) is 11.7 Å². The number of rotatable bonds is 2. The van der Waals surface area contributed by atoms with Gasteiger partial charge in [-0.1, -0.05) is 13.5 Å². The van der Waals surface area contributed by atoms with E-state index in [0.717, 1.165) is 37.5 Å². The zero-order valence-electron chi connectivity index (χ0n) is 10.1. The number of nitrogens with zero attached hydrogens (tertiary/aromatic N) is 1. The molecule has 1 aliphatic rings. The molecule has 1 fully saturated rings. The van der Waals surface area contributed by atoms with Crippen molar-refractivity contribution in [3.05, 3.63) is 36.2 Å². The SMILES string of the molecule is C=C(O)c1cc(F)cc(N2CCC(C)CC2)c1. The largest absolute Gasteiger partial charge is 0.508 e. The van der Waals surface area contributed by atoms with Gasteiger partial charge in [-0.2, -0.15) is 0 Å². The zero-order chi connectivity index (χ0) is 12.4. The Hall–Kier alpha value is -1.51. The lowest BCUT2D eigenvalue weighted by Crippen LogP contribution is -2.32. The van der Waals surface area contributed by atoms with Crippen LogP contribution < -0.4 is 4.90 Å². The Balaban J connectivity index is 2.23. The van der Waals surface area contributed by atoms with Gasteiger partial charge in [0.2, 0.25) is 0 Å².